The van der Waals surface area contributed by atoms with Gasteiger partial charge in [0.15, 0.2) is 0 Å². The molecule has 23 heavy (non-hydrogen) atoms. The first-order valence-corrected chi connectivity index (χ1v) is 8.46. The maximum Gasteiger partial charge on any atom is 0.266 e. The van der Waals surface area contributed by atoms with Gasteiger partial charge in [-0.05, 0) is 62.8 Å². The Morgan fingerprint density at radius 3 is 2.52 bits per heavy atom. The molecular formula is C18H21N3OS. The average molecular weight is 327 g/mol. The molecule has 0 bridgehead atoms. The van der Waals surface area contributed by atoms with E-state index < -0.39 is 5.66 Å². The van der Waals surface area contributed by atoms with Crippen LogP contribution in [0, 0.1) is 25.2 Å². The summed E-state index contributed by atoms with van der Waals surface area (Å²) >= 11 is 4.57. The van der Waals surface area contributed by atoms with Gasteiger partial charge in [-0.25, -0.2) is 0 Å². The molecule has 1 aromatic rings. The number of carbonyl (C=O) groups excluding carboxylic acids is 1. The van der Waals surface area contributed by atoms with E-state index in [1.807, 2.05) is 12.1 Å². The Labute approximate surface area is 142 Å². The van der Waals surface area contributed by atoms with Crippen molar-refractivity contribution in [2.45, 2.75) is 51.6 Å². The van der Waals surface area contributed by atoms with Gasteiger partial charge in [-0.1, -0.05) is 12.5 Å². The van der Waals surface area contributed by atoms with Crippen LogP contribution >= 0.6 is 12.6 Å². The summed E-state index contributed by atoms with van der Waals surface area (Å²) in [4.78, 5) is 14.4. The molecule has 2 aliphatic rings. The minimum absolute atomic E-state index is 0.0859. The number of nitrogens with zero attached hydrogens (tertiary/aromatic N) is 2. The molecule has 0 aromatic heterocycles. The Morgan fingerprint density at radius 2 is 1.91 bits per heavy atom. The zero-order chi connectivity index (χ0) is 16.6. The number of thiol groups is 1. The number of benzene rings is 1. The van der Waals surface area contributed by atoms with Crippen molar-refractivity contribution in [2.75, 3.05) is 4.90 Å². The lowest BCUT2D eigenvalue weighted by molar-refractivity contribution is -0.120. The van der Waals surface area contributed by atoms with Gasteiger partial charge in [-0.2, -0.15) is 5.26 Å². The Morgan fingerprint density at radius 1 is 1.22 bits per heavy atom. The Hall–Kier alpha value is -1.93. The summed E-state index contributed by atoms with van der Waals surface area (Å²) in [7, 11) is 0. The van der Waals surface area contributed by atoms with Crippen LogP contribution in [-0.4, -0.2) is 11.6 Å². The molecule has 1 fully saturated rings. The molecule has 0 saturated heterocycles. The molecule has 1 heterocycles. The van der Waals surface area contributed by atoms with Crippen molar-refractivity contribution in [3.8, 4) is 6.07 Å². The second-order valence-corrected chi connectivity index (χ2v) is 6.88. The molecule has 1 saturated carbocycles. The van der Waals surface area contributed by atoms with Crippen LogP contribution in [0.4, 0.5) is 5.69 Å². The van der Waals surface area contributed by atoms with Gasteiger partial charge in [-0.15, -0.1) is 12.6 Å². The summed E-state index contributed by atoms with van der Waals surface area (Å²) in [6.07, 6.45) is 5.03. The van der Waals surface area contributed by atoms with E-state index in [0.29, 0.717) is 5.03 Å². The van der Waals surface area contributed by atoms with Crippen LogP contribution < -0.4 is 10.2 Å². The van der Waals surface area contributed by atoms with Crippen LogP contribution in [0.1, 0.15) is 43.2 Å². The number of amides is 1. The standard InChI is InChI=1S/C18H21N3OS/c1-12-6-7-14(10-13(12)2)21-17(23)15(11-19)16(22)20-18(21)8-4-3-5-9-18/h6-7,10,23H,3-5,8-9H2,1-2H3,(H,20,22). The van der Waals surface area contributed by atoms with Gasteiger partial charge in [0.2, 0.25) is 0 Å². The fraction of sp³-hybridized carbons (Fsp3) is 0.444. The first kappa shape index (κ1) is 15.9. The molecule has 0 atom stereocenters. The predicted octanol–water partition coefficient (Wildman–Crippen LogP) is 3.57. The molecule has 0 unspecified atom stereocenters. The van der Waals surface area contributed by atoms with E-state index >= 15 is 0 Å². The second kappa shape index (κ2) is 5.93. The lowest BCUT2D eigenvalue weighted by Crippen LogP contribution is -2.64. The fourth-order valence-electron chi connectivity index (χ4n) is 3.57. The molecule has 4 nitrogen and oxygen atoms in total. The number of nitriles is 1. The number of hydrogen-bond donors (Lipinski definition) is 2. The quantitative estimate of drug-likeness (QED) is 0.775. The fourth-order valence-corrected chi connectivity index (χ4v) is 4.02. The Kier molecular flexibility index (Phi) is 4.11. The first-order valence-electron chi connectivity index (χ1n) is 8.02. The number of anilines is 1. The lowest BCUT2D eigenvalue weighted by Gasteiger charge is -2.50. The van der Waals surface area contributed by atoms with Gasteiger partial charge in [0.25, 0.3) is 5.91 Å². The predicted molar refractivity (Wildman–Crippen MR) is 94.0 cm³/mol. The third-order valence-electron chi connectivity index (χ3n) is 4.98. The number of rotatable bonds is 1. The molecule has 3 rings (SSSR count). The molecule has 1 amide bonds. The van der Waals surface area contributed by atoms with Gasteiger partial charge in [0.05, 0.1) is 5.03 Å². The van der Waals surface area contributed by atoms with Gasteiger partial charge in [-0.3, -0.25) is 4.79 Å². The molecule has 1 aromatic carbocycles. The average Bonchev–Trinajstić information content (AvgIpc) is 2.51. The summed E-state index contributed by atoms with van der Waals surface area (Å²) in [6, 6.07) is 8.22. The van der Waals surface area contributed by atoms with Crippen molar-refractivity contribution in [1.29, 1.82) is 5.26 Å². The van der Waals surface area contributed by atoms with Crippen LogP contribution in [0.2, 0.25) is 0 Å². The highest BCUT2D eigenvalue weighted by Gasteiger charge is 2.45. The van der Waals surface area contributed by atoms with Crippen molar-refractivity contribution in [3.63, 3.8) is 0 Å². The smallest absolute Gasteiger partial charge is 0.266 e. The molecule has 1 aliphatic carbocycles. The van der Waals surface area contributed by atoms with Crippen LogP contribution in [-0.2, 0) is 4.79 Å². The molecule has 5 heteroatoms. The van der Waals surface area contributed by atoms with E-state index in [0.717, 1.165) is 31.4 Å². The third kappa shape index (κ3) is 2.61. The van der Waals surface area contributed by atoms with Gasteiger partial charge in [0.1, 0.15) is 17.3 Å². The van der Waals surface area contributed by atoms with E-state index in [9.17, 15) is 10.1 Å². The first-order chi connectivity index (χ1) is 11.0. The highest BCUT2D eigenvalue weighted by atomic mass is 32.1. The maximum atomic E-state index is 12.3. The zero-order valence-corrected chi connectivity index (χ0v) is 14.4. The number of aryl methyl sites for hydroxylation is 2. The summed E-state index contributed by atoms with van der Waals surface area (Å²) in [6.45, 7) is 4.15. The van der Waals surface area contributed by atoms with E-state index in [1.165, 1.54) is 17.5 Å². The summed E-state index contributed by atoms with van der Waals surface area (Å²) in [5, 5.41) is 12.9. The zero-order valence-electron chi connectivity index (χ0n) is 13.5. The molecule has 120 valence electrons. The summed E-state index contributed by atoms with van der Waals surface area (Å²) in [5.74, 6) is -0.306. The minimum atomic E-state index is -0.464. The monoisotopic (exact) mass is 327 g/mol. The minimum Gasteiger partial charge on any atom is -0.328 e. The third-order valence-corrected chi connectivity index (χ3v) is 5.40. The largest absolute Gasteiger partial charge is 0.328 e. The van der Waals surface area contributed by atoms with Crippen molar-refractivity contribution in [3.05, 3.63) is 39.9 Å². The molecular weight excluding hydrogens is 306 g/mol. The van der Waals surface area contributed by atoms with Crippen molar-refractivity contribution >= 4 is 24.2 Å². The molecule has 1 aliphatic heterocycles. The lowest BCUT2D eigenvalue weighted by atomic mass is 9.85. The number of carbonyl (C=O) groups is 1. The van der Waals surface area contributed by atoms with E-state index in [-0.39, 0.29) is 11.5 Å². The summed E-state index contributed by atoms with van der Waals surface area (Å²) in [5.41, 5.74) is 3.01. The van der Waals surface area contributed by atoms with Gasteiger partial charge < -0.3 is 10.2 Å². The van der Waals surface area contributed by atoms with E-state index in [1.54, 1.807) is 0 Å². The number of nitrogens with one attached hydrogen (secondary N) is 1. The van der Waals surface area contributed by atoms with E-state index in [4.69, 9.17) is 0 Å². The summed E-state index contributed by atoms with van der Waals surface area (Å²) < 4.78 is 0. The van der Waals surface area contributed by atoms with Crippen molar-refractivity contribution in [2.24, 2.45) is 0 Å². The highest BCUT2D eigenvalue weighted by molar-refractivity contribution is 7.84. The highest BCUT2D eigenvalue weighted by Crippen LogP contribution is 2.42. The van der Waals surface area contributed by atoms with Crippen molar-refractivity contribution < 1.29 is 4.79 Å². The maximum absolute atomic E-state index is 12.3. The van der Waals surface area contributed by atoms with Crippen molar-refractivity contribution in [1.82, 2.24) is 5.32 Å². The van der Waals surface area contributed by atoms with Gasteiger partial charge in [0, 0.05) is 5.69 Å². The molecule has 0 radical (unpaired) electrons. The van der Waals surface area contributed by atoms with Crippen LogP contribution in [0.3, 0.4) is 0 Å². The van der Waals surface area contributed by atoms with E-state index in [2.05, 4.69) is 48.8 Å². The SMILES string of the molecule is Cc1ccc(N2C(S)=C(C#N)C(=O)NC23CCCCC3)cc1C. The molecule has 1 spiro atoms. The van der Waals surface area contributed by atoms with Gasteiger partial charge >= 0.3 is 0 Å². The van der Waals surface area contributed by atoms with Crippen LogP contribution in [0.25, 0.3) is 0 Å². The number of hydrogen-bond acceptors (Lipinski definition) is 4. The van der Waals surface area contributed by atoms with Crippen LogP contribution in [0.15, 0.2) is 28.8 Å². The normalized spacial score (nSPS) is 20.4. The molecule has 1 N–H and O–H groups in total. The topological polar surface area (TPSA) is 56.1 Å². The van der Waals surface area contributed by atoms with Crippen LogP contribution in [0.5, 0.6) is 0 Å². The Balaban J connectivity index is 2.17. The second-order valence-electron chi connectivity index (χ2n) is 6.46. The Bertz CT molecular complexity index is 726.